The number of para-hydroxylation sites is 2. The molecule has 2 aromatic heterocycles. The SMILES string of the molecule is CC(C)(C)c1ccccc1C(O)c1cnc2c(F)cccc2c1.CC(C)(C)c1ccccc1C=O.Fc1cccc2cc(I)cnc12. The fourth-order valence-electron chi connectivity index (χ4n) is 5.27. The van der Waals surface area contributed by atoms with E-state index in [1.54, 1.807) is 36.7 Å². The van der Waals surface area contributed by atoms with Crippen LogP contribution in [0.2, 0.25) is 0 Å². The van der Waals surface area contributed by atoms with Gasteiger partial charge in [-0.2, -0.15) is 0 Å². The molecule has 1 unspecified atom stereocenters. The van der Waals surface area contributed by atoms with E-state index < -0.39 is 6.10 Å². The van der Waals surface area contributed by atoms with Crippen LogP contribution in [0.25, 0.3) is 21.8 Å². The molecule has 0 radical (unpaired) electrons. The minimum Gasteiger partial charge on any atom is -0.384 e. The fourth-order valence-corrected chi connectivity index (χ4v) is 5.74. The summed E-state index contributed by atoms with van der Waals surface area (Å²) in [4.78, 5) is 18.9. The molecule has 0 spiro atoms. The summed E-state index contributed by atoms with van der Waals surface area (Å²) in [6.45, 7) is 12.7. The lowest BCUT2D eigenvalue weighted by molar-refractivity contribution is 0.112. The van der Waals surface area contributed by atoms with Crippen molar-refractivity contribution in [2.75, 3.05) is 0 Å². The summed E-state index contributed by atoms with van der Waals surface area (Å²) >= 11 is 2.15. The lowest BCUT2D eigenvalue weighted by Crippen LogP contribution is -2.16. The molecule has 4 aromatic carbocycles. The van der Waals surface area contributed by atoms with Crippen LogP contribution in [-0.4, -0.2) is 21.4 Å². The predicted molar refractivity (Wildman–Crippen MR) is 196 cm³/mol. The molecule has 0 bridgehead atoms. The van der Waals surface area contributed by atoms with Crippen LogP contribution in [-0.2, 0) is 10.8 Å². The number of rotatable bonds is 3. The van der Waals surface area contributed by atoms with Crippen LogP contribution in [0.3, 0.4) is 0 Å². The van der Waals surface area contributed by atoms with Gasteiger partial charge in [0.2, 0.25) is 0 Å². The van der Waals surface area contributed by atoms with Gasteiger partial charge in [-0.15, -0.1) is 0 Å². The Hall–Kier alpha value is -4.08. The number of nitrogens with zero attached hydrogens (tertiary/aromatic N) is 2. The van der Waals surface area contributed by atoms with Crippen molar-refractivity contribution in [2.24, 2.45) is 0 Å². The minimum absolute atomic E-state index is 0.0531. The zero-order chi connectivity index (χ0) is 34.4. The molecule has 0 aliphatic carbocycles. The number of halogens is 3. The number of aliphatic hydroxyl groups is 1. The maximum atomic E-state index is 13.7. The highest BCUT2D eigenvalue weighted by atomic mass is 127. The van der Waals surface area contributed by atoms with Crippen molar-refractivity contribution >= 4 is 50.7 Å². The fraction of sp³-hybridized carbons (Fsp3) is 0.225. The average molecular weight is 745 g/mol. The molecule has 0 saturated carbocycles. The quantitative estimate of drug-likeness (QED) is 0.145. The van der Waals surface area contributed by atoms with Gasteiger partial charge in [-0.1, -0.05) is 114 Å². The van der Waals surface area contributed by atoms with E-state index in [1.807, 2.05) is 60.7 Å². The Morgan fingerprint density at radius 1 is 0.681 bits per heavy atom. The molecule has 242 valence electrons. The van der Waals surface area contributed by atoms with Gasteiger partial charge in [0.25, 0.3) is 0 Å². The number of fused-ring (bicyclic) bond motifs is 2. The molecule has 6 aromatic rings. The number of aldehydes is 1. The highest BCUT2D eigenvalue weighted by molar-refractivity contribution is 14.1. The summed E-state index contributed by atoms with van der Waals surface area (Å²) in [7, 11) is 0. The van der Waals surface area contributed by atoms with E-state index in [1.165, 1.54) is 12.1 Å². The molecule has 1 N–H and O–H groups in total. The van der Waals surface area contributed by atoms with E-state index >= 15 is 0 Å². The Labute approximate surface area is 289 Å². The van der Waals surface area contributed by atoms with Gasteiger partial charge in [-0.25, -0.2) is 8.78 Å². The molecular weight excluding hydrogens is 705 g/mol. The van der Waals surface area contributed by atoms with E-state index in [-0.39, 0.29) is 22.5 Å². The zero-order valence-electron chi connectivity index (χ0n) is 27.4. The topological polar surface area (TPSA) is 63.1 Å². The van der Waals surface area contributed by atoms with Crippen LogP contribution in [0.1, 0.15) is 80.3 Å². The van der Waals surface area contributed by atoms with Crippen molar-refractivity contribution < 1.29 is 18.7 Å². The Bertz CT molecular complexity index is 2000. The monoisotopic (exact) mass is 744 g/mol. The van der Waals surface area contributed by atoms with Crippen molar-refractivity contribution in [1.29, 1.82) is 0 Å². The molecule has 1 atom stereocenters. The molecule has 0 amide bonds. The smallest absolute Gasteiger partial charge is 0.150 e. The Kier molecular flexibility index (Phi) is 11.6. The number of aliphatic hydroxyl groups excluding tert-OH is 1. The summed E-state index contributed by atoms with van der Waals surface area (Å²) in [6, 6.07) is 29.1. The van der Waals surface area contributed by atoms with Gasteiger partial charge >= 0.3 is 0 Å². The first-order chi connectivity index (χ1) is 22.2. The Morgan fingerprint density at radius 3 is 1.74 bits per heavy atom. The van der Waals surface area contributed by atoms with Gasteiger partial charge < -0.3 is 5.11 Å². The number of carbonyl (C=O) groups is 1. The summed E-state index contributed by atoms with van der Waals surface area (Å²) in [5.41, 5.74) is 5.27. The number of hydrogen-bond donors (Lipinski definition) is 1. The summed E-state index contributed by atoms with van der Waals surface area (Å²) < 4.78 is 27.8. The average Bonchev–Trinajstić information content (AvgIpc) is 3.04. The van der Waals surface area contributed by atoms with Crippen molar-refractivity contribution in [3.63, 3.8) is 0 Å². The Morgan fingerprint density at radius 2 is 1.19 bits per heavy atom. The first-order valence-corrected chi connectivity index (χ1v) is 16.3. The highest BCUT2D eigenvalue weighted by Gasteiger charge is 2.23. The van der Waals surface area contributed by atoms with Crippen molar-refractivity contribution in [3.8, 4) is 0 Å². The van der Waals surface area contributed by atoms with E-state index in [0.29, 0.717) is 22.0 Å². The maximum Gasteiger partial charge on any atom is 0.150 e. The molecule has 0 aliphatic rings. The molecule has 0 aliphatic heterocycles. The summed E-state index contributed by atoms with van der Waals surface area (Å²) in [5.74, 6) is -0.609. The van der Waals surface area contributed by atoms with Gasteiger partial charge in [0.05, 0.1) is 0 Å². The first-order valence-electron chi connectivity index (χ1n) is 15.3. The predicted octanol–water partition coefficient (Wildman–Crippen LogP) is 10.5. The molecule has 0 fully saturated rings. The first kappa shape index (κ1) is 35.8. The molecule has 7 heteroatoms. The zero-order valence-corrected chi connectivity index (χ0v) is 29.6. The maximum absolute atomic E-state index is 13.7. The normalized spacial score (nSPS) is 12.0. The molecule has 2 heterocycles. The van der Waals surface area contributed by atoms with Gasteiger partial charge in [-0.3, -0.25) is 14.8 Å². The van der Waals surface area contributed by atoms with Gasteiger partial charge in [-0.05, 0) is 74.4 Å². The van der Waals surface area contributed by atoms with E-state index in [2.05, 4.69) is 74.1 Å². The third-order valence-corrected chi connectivity index (χ3v) is 8.18. The highest BCUT2D eigenvalue weighted by Crippen LogP contribution is 2.33. The van der Waals surface area contributed by atoms with Crippen molar-refractivity contribution in [1.82, 2.24) is 9.97 Å². The minimum atomic E-state index is -0.786. The number of hydrogen-bond acceptors (Lipinski definition) is 4. The van der Waals surface area contributed by atoms with Crippen molar-refractivity contribution in [2.45, 2.75) is 58.5 Å². The van der Waals surface area contributed by atoms with Crippen LogP contribution in [0, 0.1) is 15.2 Å². The van der Waals surface area contributed by atoms with Crippen LogP contribution in [0.15, 0.2) is 109 Å². The molecule has 4 nitrogen and oxygen atoms in total. The molecule has 6 rings (SSSR count). The van der Waals surface area contributed by atoms with Crippen LogP contribution >= 0.6 is 22.6 Å². The molecule has 0 saturated heterocycles. The van der Waals surface area contributed by atoms with Crippen molar-refractivity contribution in [3.05, 3.63) is 152 Å². The lowest BCUT2D eigenvalue weighted by Gasteiger charge is -2.25. The van der Waals surface area contributed by atoms with E-state index in [4.69, 9.17) is 0 Å². The standard InChI is InChI=1S/C20H20FNO.C11H14O.C9H5FIN/c1-20(2,3)16-9-5-4-8-15(16)19(23)14-11-13-7-6-10-17(21)18(13)22-12-14;1-11(2,3)10-7-5-4-6-9(10)8-12;10-8-3-1-2-6-4-7(11)5-12-9(6)8/h4-12,19,23H,1-3H3;4-8H,1-3H3;1-5H. The molecular formula is C40H39F2IN2O2. The second-order valence-electron chi connectivity index (χ2n) is 13.2. The van der Waals surface area contributed by atoms with E-state index in [0.717, 1.165) is 37.5 Å². The number of pyridine rings is 2. The molecule has 47 heavy (non-hydrogen) atoms. The summed E-state index contributed by atoms with van der Waals surface area (Å²) in [6.07, 6.45) is 3.34. The third kappa shape index (κ3) is 9.05. The number of aromatic nitrogens is 2. The largest absolute Gasteiger partial charge is 0.384 e. The number of carbonyl (C=O) groups excluding carboxylic acids is 1. The van der Waals surface area contributed by atoms with Crippen LogP contribution in [0.4, 0.5) is 8.78 Å². The van der Waals surface area contributed by atoms with E-state index in [9.17, 15) is 18.7 Å². The van der Waals surface area contributed by atoms with Crippen LogP contribution in [0.5, 0.6) is 0 Å². The lowest BCUT2D eigenvalue weighted by atomic mass is 9.81. The van der Waals surface area contributed by atoms with Gasteiger partial charge in [0.15, 0.2) is 0 Å². The third-order valence-electron chi connectivity index (χ3n) is 7.59. The van der Waals surface area contributed by atoms with Crippen LogP contribution < -0.4 is 0 Å². The Balaban J connectivity index is 0.000000176. The number of benzene rings is 4. The summed E-state index contributed by atoms with van der Waals surface area (Å²) in [5, 5.41) is 12.4. The van der Waals surface area contributed by atoms with Gasteiger partial charge in [0, 0.05) is 37.9 Å². The van der Waals surface area contributed by atoms with Gasteiger partial charge in [0.1, 0.15) is 35.1 Å². The second-order valence-corrected chi connectivity index (χ2v) is 14.5. The second kappa shape index (κ2) is 15.2.